The molecule has 2 saturated heterocycles. The number of aliphatic hydroxyl groups is 1. The number of alkyl halides is 3. The number of fused-ring (bicyclic) bond motifs is 1. The molecule has 0 spiro atoms. The van der Waals surface area contributed by atoms with E-state index in [2.05, 4.69) is 0 Å². The number of anilines is 1. The number of carbonyl (C=O) groups is 1. The number of nitrogens with zero attached hydrogens (tertiary/aromatic N) is 3. The van der Waals surface area contributed by atoms with E-state index in [9.17, 15) is 27.5 Å². The average molecular weight is 447 g/mol. The molecule has 0 aliphatic carbocycles. The Bertz CT molecular complexity index is 1060. The number of halogens is 4. The van der Waals surface area contributed by atoms with E-state index < -0.39 is 28.5 Å². The third-order valence-electron chi connectivity index (χ3n) is 6.55. The highest BCUT2D eigenvalue weighted by molar-refractivity contribution is 5.94. The summed E-state index contributed by atoms with van der Waals surface area (Å²) in [5, 5.41) is 19.3. The van der Waals surface area contributed by atoms with Crippen molar-refractivity contribution in [3.8, 4) is 6.07 Å². The Balaban J connectivity index is 1.58. The molecule has 2 heterocycles. The van der Waals surface area contributed by atoms with Crippen LogP contribution >= 0.6 is 0 Å². The van der Waals surface area contributed by atoms with Crippen molar-refractivity contribution in [1.29, 1.82) is 5.26 Å². The summed E-state index contributed by atoms with van der Waals surface area (Å²) in [6.07, 6.45) is -4.06. The maximum atomic E-state index is 13.4. The number of aliphatic hydroxyl groups excluding tert-OH is 1. The van der Waals surface area contributed by atoms with E-state index in [4.69, 9.17) is 5.26 Å². The van der Waals surface area contributed by atoms with Gasteiger partial charge in [0.15, 0.2) is 0 Å². The fraction of sp³-hybridized carbons (Fsp3) is 0.391. The lowest BCUT2D eigenvalue weighted by atomic mass is 9.74. The second kappa shape index (κ2) is 8.10. The van der Waals surface area contributed by atoms with Crippen LogP contribution in [0.15, 0.2) is 42.5 Å². The molecule has 4 rings (SSSR count). The summed E-state index contributed by atoms with van der Waals surface area (Å²) < 4.78 is 53.4. The zero-order valence-corrected chi connectivity index (χ0v) is 17.1. The van der Waals surface area contributed by atoms with E-state index in [1.165, 1.54) is 30.3 Å². The normalized spacial score (nSPS) is 23.1. The minimum absolute atomic E-state index is 0.00486. The van der Waals surface area contributed by atoms with Crippen molar-refractivity contribution in [2.75, 3.05) is 37.7 Å². The van der Waals surface area contributed by atoms with Crippen LogP contribution < -0.4 is 4.90 Å². The van der Waals surface area contributed by atoms with Crippen LogP contribution in [-0.2, 0) is 6.18 Å². The van der Waals surface area contributed by atoms with Gasteiger partial charge in [-0.25, -0.2) is 4.39 Å². The van der Waals surface area contributed by atoms with Gasteiger partial charge in [0.1, 0.15) is 5.82 Å². The number of piperidine rings is 1. The highest BCUT2D eigenvalue weighted by Crippen LogP contribution is 2.44. The summed E-state index contributed by atoms with van der Waals surface area (Å²) >= 11 is 0. The SMILES string of the molecule is N#Cc1ccc(N2C[C@@H]3CCN(C(=O)c4ccc(F)cc4)C[C@]3(CO)C2)cc1C(F)(F)F. The zero-order valence-electron chi connectivity index (χ0n) is 17.1. The van der Waals surface area contributed by atoms with E-state index in [0.29, 0.717) is 30.8 Å². The van der Waals surface area contributed by atoms with Gasteiger partial charge >= 0.3 is 6.18 Å². The number of hydrogen-bond donors (Lipinski definition) is 1. The largest absolute Gasteiger partial charge is 0.417 e. The quantitative estimate of drug-likeness (QED) is 0.729. The van der Waals surface area contributed by atoms with Gasteiger partial charge in [0.05, 0.1) is 23.8 Å². The molecule has 2 atom stereocenters. The fourth-order valence-electron chi connectivity index (χ4n) is 4.82. The van der Waals surface area contributed by atoms with E-state index in [-0.39, 0.29) is 31.5 Å². The molecule has 168 valence electrons. The Morgan fingerprint density at radius 3 is 2.53 bits per heavy atom. The van der Waals surface area contributed by atoms with Crippen LogP contribution in [0, 0.1) is 28.5 Å². The number of hydrogen-bond acceptors (Lipinski definition) is 4. The van der Waals surface area contributed by atoms with Crippen LogP contribution in [0.25, 0.3) is 0 Å². The Hall–Kier alpha value is -3.12. The second-order valence-corrected chi connectivity index (χ2v) is 8.46. The molecule has 2 aliphatic rings. The summed E-state index contributed by atoms with van der Waals surface area (Å²) in [6.45, 7) is 1.21. The van der Waals surface area contributed by atoms with E-state index in [1.807, 2.05) is 0 Å². The third kappa shape index (κ3) is 3.91. The number of carbonyl (C=O) groups excluding carboxylic acids is 1. The first kappa shape index (κ1) is 22.1. The van der Waals surface area contributed by atoms with Crippen molar-refractivity contribution in [2.45, 2.75) is 12.6 Å². The molecule has 2 aliphatic heterocycles. The van der Waals surface area contributed by atoms with Gasteiger partial charge in [-0.1, -0.05) is 0 Å². The smallest absolute Gasteiger partial charge is 0.396 e. The van der Waals surface area contributed by atoms with Gasteiger partial charge in [-0.2, -0.15) is 18.4 Å². The van der Waals surface area contributed by atoms with Gasteiger partial charge in [-0.15, -0.1) is 0 Å². The van der Waals surface area contributed by atoms with Crippen LogP contribution in [0.5, 0.6) is 0 Å². The van der Waals surface area contributed by atoms with E-state index in [1.54, 1.807) is 15.9 Å². The third-order valence-corrected chi connectivity index (χ3v) is 6.55. The average Bonchev–Trinajstić information content (AvgIpc) is 3.17. The molecule has 2 aromatic rings. The molecule has 1 N–H and O–H groups in total. The van der Waals surface area contributed by atoms with Crippen molar-refractivity contribution in [1.82, 2.24) is 4.90 Å². The summed E-state index contributed by atoms with van der Waals surface area (Å²) in [4.78, 5) is 16.3. The number of likely N-dealkylation sites (tertiary alicyclic amines) is 1. The van der Waals surface area contributed by atoms with Crippen molar-refractivity contribution in [2.24, 2.45) is 11.3 Å². The number of benzene rings is 2. The lowest BCUT2D eigenvalue weighted by molar-refractivity contribution is -0.137. The minimum Gasteiger partial charge on any atom is -0.396 e. The molecule has 0 aromatic heterocycles. The highest BCUT2D eigenvalue weighted by atomic mass is 19.4. The van der Waals surface area contributed by atoms with Crippen molar-refractivity contribution in [3.05, 3.63) is 65.0 Å². The number of nitriles is 1. The second-order valence-electron chi connectivity index (χ2n) is 8.46. The maximum Gasteiger partial charge on any atom is 0.417 e. The van der Waals surface area contributed by atoms with Gasteiger partial charge in [0.25, 0.3) is 5.91 Å². The summed E-state index contributed by atoms with van der Waals surface area (Å²) in [7, 11) is 0. The molecule has 9 heteroatoms. The standard InChI is InChI=1S/C23H21F4N3O2/c24-18-4-1-15(2-5-18)21(32)29-8-7-17-11-30(13-22(17,12-29)14-31)19-6-3-16(10-28)20(9-19)23(25,26)27/h1-6,9,17,31H,7-8,11-14H2/t17-,22+/m0/s1. The van der Waals surface area contributed by atoms with Crippen LogP contribution in [-0.4, -0.2) is 48.7 Å². The molecule has 0 saturated carbocycles. The first-order chi connectivity index (χ1) is 15.2. The maximum absolute atomic E-state index is 13.4. The Morgan fingerprint density at radius 2 is 1.91 bits per heavy atom. The van der Waals surface area contributed by atoms with E-state index in [0.717, 1.165) is 12.1 Å². The van der Waals surface area contributed by atoms with Gasteiger partial charge in [0.2, 0.25) is 0 Å². The molecule has 2 aromatic carbocycles. The molecule has 0 unspecified atom stereocenters. The van der Waals surface area contributed by atoms with Gasteiger partial charge in [-0.3, -0.25) is 4.79 Å². The molecular weight excluding hydrogens is 426 g/mol. The predicted octanol–water partition coefficient (Wildman–Crippen LogP) is 3.68. The van der Waals surface area contributed by atoms with Crippen LogP contribution in [0.1, 0.15) is 27.9 Å². The topological polar surface area (TPSA) is 67.6 Å². The van der Waals surface area contributed by atoms with Crippen LogP contribution in [0.4, 0.5) is 23.2 Å². The highest BCUT2D eigenvalue weighted by Gasteiger charge is 2.50. The molecular formula is C23H21F4N3O2. The van der Waals surface area contributed by atoms with Crippen LogP contribution in [0.2, 0.25) is 0 Å². The molecule has 0 bridgehead atoms. The van der Waals surface area contributed by atoms with Gasteiger partial charge < -0.3 is 14.9 Å². The molecule has 0 radical (unpaired) electrons. The van der Waals surface area contributed by atoms with Crippen molar-refractivity contribution >= 4 is 11.6 Å². The predicted molar refractivity (Wildman–Crippen MR) is 108 cm³/mol. The van der Waals surface area contributed by atoms with E-state index >= 15 is 0 Å². The Morgan fingerprint density at radius 1 is 1.19 bits per heavy atom. The fourth-order valence-corrected chi connectivity index (χ4v) is 4.82. The number of rotatable bonds is 3. The number of amides is 1. The Kier molecular flexibility index (Phi) is 5.59. The monoisotopic (exact) mass is 447 g/mol. The van der Waals surface area contributed by atoms with Crippen molar-refractivity contribution < 1.29 is 27.5 Å². The Labute approximate surface area is 182 Å². The van der Waals surface area contributed by atoms with Crippen LogP contribution in [0.3, 0.4) is 0 Å². The summed E-state index contributed by atoms with van der Waals surface area (Å²) in [6, 6.07) is 10.4. The molecule has 5 nitrogen and oxygen atoms in total. The summed E-state index contributed by atoms with van der Waals surface area (Å²) in [5.41, 5.74) is -1.44. The first-order valence-electron chi connectivity index (χ1n) is 10.2. The van der Waals surface area contributed by atoms with Gasteiger partial charge in [-0.05, 0) is 54.8 Å². The summed E-state index contributed by atoms with van der Waals surface area (Å²) in [5.74, 6) is -0.721. The lowest BCUT2D eigenvalue weighted by Crippen LogP contribution is -2.52. The molecule has 32 heavy (non-hydrogen) atoms. The minimum atomic E-state index is -4.65. The first-order valence-corrected chi connectivity index (χ1v) is 10.2. The molecule has 1 amide bonds. The molecule has 2 fully saturated rings. The van der Waals surface area contributed by atoms with Crippen molar-refractivity contribution in [3.63, 3.8) is 0 Å². The lowest BCUT2D eigenvalue weighted by Gasteiger charge is -2.43. The van der Waals surface area contributed by atoms with Gasteiger partial charge in [0, 0.05) is 42.8 Å². The zero-order chi connectivity index (χ0) is 23.1.